The van der Waals surface area contributed by atoms with Crippen molar-refractivity contribution >= 4 is 28.8 Å². The first-order valence-corrected chi connectivity index (χ1v) is 10.5. The number of piperazine rings is 1. The van der Waals surface area contributed by atoms with Crippen LogP contribution in [0.5, 0.6) is 0 Å². The number of aliphatic carboxylic acids is 1. The Balaban J connectivity index is 1.48. The van der Waals surface area contributed by atoms with Crippen molar-refractivity contribution in [3.63, 3.8) is 0 Å². The Morgan fingerprint density at radius 2 is 1.84 bits per heavy atom. The number of aromatic nitrogens is 2. The molecule has 1 unspecified atom stereocenters. The van der Waals surface area contributed by atoms with E-state index in [4.69, 9.17) is 5.11 Å². The smallest absolute Gasteiger partial charge is 0.329 e. The highest BCUT2D eigenvalue weighted by molar-refractivity contribution is 6.00. The molecule has 0 aliphatic carbocycles. The number of hydrogen-bond acceptors (Lipinski definition) is 6. The summed E-state index contributed by atoms with van der Waals surface area (Å²) in [6.07, 6.45) is 0.498. The molecule has 4 rings (SSSR count). The molecule has 2 aliphatic rings. The zero-order chi connectivity index (χ0) is 22.8. The number of carbonyl (C=O) groups is 3. The van der Waals surface area contributed by atoms with Gasteiger partial charge in [0.15, 0.2) is 0 Å². The van der Waals surface area contributed by atoms with Gasteiger partial charge in [-0.3, -0.25) is 38.6 Å². The van der Waals surface area contributed by atoms with Crippen molar-refractivity contribution in [2.75, 3.05) is 39.3 Å². The molecule has 2 fully saturated rings. The molecule has 32 heavy (non-hydrogen) atoms. The average molecular weight is 439 g/mol. The molecule has 2 aromatic rings. The lowest BCUT2D eigenvalue weighted by Gasteiger charge is -2.32. The van der Waals surface area contributed by atoms with Gasteiger partial charge in [-0.1, -0.05) is 11.8 Å². The van der Waals surface area contributed by atoms with Gasteiger partial charge in [-0.25, -0.2) is 4.79 Å². The molecule has 2 saturated heterocycles. The van der Waals surface area contributed by atoms with Crippen LogP contribution in [0.25, 0.3) is 11.0 Å². The number of nitrogens with one attached hydrogen (secondary N) is 1. The van der Waals surface area contributed by atoms with Gasteiger partial charge in [-0.05, 0) is 24.6 Å². The van der Waals surface area contributed by atoms with Gasteiger partial charge in [0.1, 0.15) is 6.04 Å². The van der Waals surface area contributed by atoms with Gasteiger partial charge < -0.3 is 5.11 Å². The summed E-state index contributed by atoms with van der Waals surface area (Å²) in [7, 11) is 1.65. The fourth-order valence-electron chi connectivity index (χ4n) is 4.22. The Bertz CT molecular complexity index is 1190. The van der Waals surface area contributed by atoms with Crippen molar-refractivity contribution in [1.29, 1.82) is 0 Å². The number of hydrogen-bond donors (Lipinski definition) is 2. The van der Waals surface area contributed by atoms with Gasteiger partial charge in [0, 0.05) is 45.2 Å². The van der Waals surface area contributed by atoms with E-state index < -0.39 is 17.9 Å². The number of imidazole rings is 1. The second kappa shape index (κ2) is 8.98. The molecule has 2 aliphatic heterocycles. The van der Waals surface area contributed by atoms with E-state index in [0.717, 1.165) is 18.7 Å². The molecule has 0 radical (unpaired) electrons. The van der Waals surface area contributed by atoms with Crippen LogP contribution in [-0.4, -0.2) is 81.1 Å². The molecule has 168 valence electrons. The van der Waals surface area contributed by atoms with Gasteiger partial charge in [0.05, 0.1) is 24.1 Å². The van der Waals surface area contributed by atoms with E-state index in [-0.39, 0.29) is 24.6 Å². The highest BCUT2D eigenvalue weighted by Crippen LogP contribution is 2.23. The fraction of sp³-hybridized carbons (Fsp3) is 0.455. The van der Waals surface area contributed by atoms with Gasteiger partial charge in [0.2, 0.25) is 11.8 Å². The molecule has 10 nitrogen and oxygen atoms in total. The molecule has 2 amide bonds. The predicted molar refractivity (Wildman–Crippen MR) is 116 cm³/mol. The number of benzene rings is 1. The molecule has 0 bridgehead atoms. The molecule has 0 saturated carbocycles. The van der Waals surface area contributed by atoms with Crippen LogP contribution < -0.4 is 11.0 Å². The lowest BCUT2D eigenvalue weighted by Crippen LogP contribution is -2.47. The summed E-state index contributed by atoms with van der Waals surface area (Å²) in [5, 5.41) is 11.2. The minimum atomic E-state index is -0.811. The Labute approximate surface area is 184 Å². The van der Waals surface area contributed by atoms with E-state index in [2.05, 4.69) is 22.1 Å². The lowest BCUT2D eigenvalue weighted by molar-refractivity contribution is -0.139. The number of imide groups is 1. The number of amides is 2. The van der Waals surface area contributed by atoms with Gasteiger partial charge in [-0.15, -0.1) is 0 Å². The third-order valence-electron chi connectivity index (χ3n) is 5.97. The third kappa shape index (κ3) is 4.44. The zero-order valence-corrected chi connectivity index (χ0v) is 17.8. The fourth-order valence-corrected chi connectivity index (χ4v) is 4.22. The number of carbonyl (C=O) groups excluding carboxylic acids is 2. The Morgan fingerprint density at radius 1 is 1.12 bits per heavy atom. The number of piperidine rings is 1. The van der Waals surface area contributed by atoms with Crippen LogP contribution in [0, 0.1) is 11.8 Å². The zero-order valence-electron chi connectivity index (χ0n) is 17.8. The van der Waals surface area contributed by atoms with Gasteiger partial charge in [-0.2, -0.15) is 0 Å². The van der Waals surface area contributed by atoms with Crippen molar-refractivity contribution in [3.05, 3.63) is 34.2 Å². The first-order chi connectivity index (χ1) is 15.3. The summed E-state index contributed by atoms with van der Waals surface area (Å²) in [6.45, 7) is 3.59. The van der Waals surface area contributed by atoms with Crippen LogP contribution in [0.2, 0.25) is 0 Å². The lowest BCUT2D eigenvalue weighted by atomic mass is 10.1. The number of carboxylic acid groups (broad SMARTS) is 1. The third-order valence-corrected chi connectivity index (χ3v) is 5.97. The maximum Gasteiger partial charge on any atom is 0.329 e. The molecular formula is C22H25N5O5. The molecule has 1 atom stereocenters. The molecule has 0 spiro atoms. The topological polar surface area (TPSA) is 117 Å². The Morgan fingerprint density at radius 3 is 2.53 bits per heavy atom. The quantitative estimate of drug-likeness (QED) is 0.481. The van der Waals surface area contributed by atoms with E-state index in [1.165, 1.54) is 9.13 Å². The van der Waals surface area contributed by atoms with Crippen LogP contribution >= 0.6 is 0 Å². The maximum atomic E-state index is 12.8. The Kier molecular flexibility index (Phi) is 6.12. The van der Waals surface area contributed by atoms with E-state index >= 15 is 0 Å². The Hall–Kier alpha value is -3.42. The molecule has 1 aromatic carbocycles. The minimum absolute atomic E-state index is 0.0662. The van der Waals surface area contributed by atoms with Crippen LogP contribution in [0.15, 0.2) is 23.0 Å². The SMILES string of the molecule is Cn1c(=O)n(C2CCC(=O)NC2=O)c2ccc(C#CCN3CCN(CC(=O)O)CC3)cc21. The second-order valence-corrected chi connectivity index (χ2v) is 8.13. The highest BCUT2D eigenvalue weighted by Gasteiger charge is 2.31. The summed E-state index contributed by atoms with van der Waals surface area (Å²) >= 11 is 0. The summed E-state index contributed by atoms with van der Waals surface area (Å²) < 4.78 is 2.94. The second-order valence-electron chi connectivity index (χ2n) is 8.13. The average Bonchev–Trinajstić information content (AvgIpc) is 2.99. The maximum absolute atomic E-state index is 12.8. The highest BCUT2D eigenvalue weighted by atomic mass is 16.4. The van der Waals surface area contributed by atoms with Crippen LogP contribution in [0.4, 0.5) is 0 Å². The number of nitrogens with zero attached hydrogens (tertiary/aromatic N) is 4. The van der Waals surface area contributed by atoms with Crippen LogP contribution in [0.1, 0.15) is 24.4 Å². The number of fused-ring (bicyclic) bond motifs is 1. The standard InChI is InChI=1S/C22H25N5O5/c1-24-18-13-15(3-2-8-25-9-11-26(12-10-25)14-20(29)30)4-5-16(18)27(22(24)32)17-6-7-19(28)23-21(17)31/h4-5,13,17H,6-12,14H2,1H3,(H,29,30)(H,23,28,31). The molecule has 3 heterocycles. The normalized spacial score (nSPS) is 20.1. The van der Waals surface area contributed by atoms with E-state index in [1.54, 1.807) is 13.1 Å². The van der Waals surface area contributed by atoms with Crippen molar-refractivity contribution in [3.8, 4) is 11.8 Å². The number of aryl methyl sites for hydroxylation is 1. The molecule has 10 heteroatoms. The predicted octanol–water partition coefficient (Wildman–Crippen LogP) is -0.629. The monoisotopic (exact) mass is 439 g/mol. The molecule has 2 N–H and O–H groups in total. The first-order valence-electron chi connectivity index (χ1n) is 10.5. The molecule has 1 aromatic heterocycles. The summed E-state index contributed by atoms with van der Waals surface area (Å²) in [5.74, 6) is 4.70. The molecular weight excluding hydrogens is 414 g/mol. The van der Waals surface area contributed by atoms with Crippen LogP contribution in [0.3, 0.4) is 0 Å². The van der Waals surface area contributed by atoms with E-state index in [1.807, 2.05) is 17.0 Å². The van der Waals surface area contributed by atoms with Gasteiger partial charge >= 0.3 is 11.7 Å². The van der Waals surface area contributed by atoms with Crippen molar-refractivity contribution < 1.29 is 19.5 Å². The van der Waals surface area contributed by atoms with Crippen LogP contribution in [-0.2, 0) is 21.4 Å². The van der Waals surface area contributed by atoms with Gasteiger partial charge in [0.25, 0.3) is 0 Å². The number of carboxylic acids is 1. The van der Waals surface area contributed by atoms with Crippen molar-refractivity contribution in [1.82, 2.24) is 24.3 Å². The largest absolute Gasteiger partial charge is 0.480 e. The first kappa shape index (κ1) is 21.8. The summed E-state index contributed by atoms with van der Waals surface area (Å²) in [5.41, 5.74) is 1.76. The van der Waals surface area contributed by atoms with E-state index in [9.17, 15) is 19.2 Å². The minimum Gasteiger partial charge on any atom is -0.480 e. The summed E-state index contributed by atoms with van der Waals surface area (Å²) in [6, 6.07) is 4.73. The van der Waals surface area contributed by atoms with Crippen molar-refractivity contribution in [2.24, 2.45) is 7.05 Å². The summed E-state index contributed by atoms with van der Waals surface area (Å²) in [4.78, 5) is 51.4. The van der Waals surface area contributed by atoms with E-state index in [0.29, 0.717) is 37.1 Å². The van der Waals surface area contributed by atoms with Crippen molar-refractivity contribution in [2.45, 2.75) is 18.9 Å². The number of rotatable bonds is 4.